The molecule has 0 bridgehead atoms. The molecule has 7 nitrogen and oxygen atoms in total. The van der Waals surface area contributed by atoms with E-state index in [9.17, 15) is 9.59 Å². The van der Waals surface area contributed by atoms with Crippen molar-refractivity contribution in [1.29, 1.82) is 0 Å². The van der Waals surface area contributed by atoms with Gasteiger partial charge >= 0.3 is 11.9 Å². The molecule has 42 heavy (non-hydrogen) atoms. The van der Waals surface area contributed by atoms with Crippen molar-refractivity contribution in [1.82, 2.24) is 4.98 Å². The molecule has 1 aliphatic rings. The van der Waals surface area contributed by atoms with E-state index in [1.807, 2.05) is 69.3 Å². The van der Waals surface area contributed by atoms with E-state index in [1.165, 1.54) is 0 Å². The van der Waals surface area contributed by atoms with Gasteiger partial charge in [0.2, 0.25) is 0 Å². The molecule has 0 saturated carbocycles. The molecule has 1 atom stereocenters. The van der Waals surface area contributed by atoms with Gasteiger partial charge < -0.3 is 19.1 Å². The Kier molecular flexibility index (Phi) is 10.3. The van der Waals surface area contributed by atoms with Crippen LogP contribution >= 0.6 is 0 Å². The maximum atomic E-state index is 13.6. The van der Waals surface area contributed by atoms with Gasteiger partial charge in [0, 0.05) is 24.9 Å². The first kappa shape index (κ1) is 31.1. The molecule has 224 valence electrons. The van der Waals surface area contributed by atoms with Gasteiger partial charge in [-0.3, -0.25) is 4.79 Å². The van der Waals surface area contributed by atoms with Gasteiger partial charge in [0.15, 0.2) is 5.69 Å². The molecule has 7 heteroatoms. The van der Waals surface area contributed by atoms with Crippen molar-refractivity contribution in [3.63, 3.8) is 0 Å². The lowest BCUT2D eigenvalue weighted by molar-refractivity contribution is -0.155. The number of fused-ring (bicyclic) bond motifs is 1. The van der Waals surface area contributed by atoms with E-state index in [2.05, 4.69) is 37.8 Å². The van der Waals surface area contributed by atoms with Gasteiger partial charge in [-0.25, -0.2) is 9.78 Å². The van der Waals surface area contributed by atoms with Gasteiger partial charge in [-0.1, -0.05) is 61.9 Å². The topological polar surface area (TPSA) is 78.0 Å². The predicted octanol–water partition coefficient (Wildman–Crippen LogP) is 7.25. The zero-order valence-corrected chi connectivity index (χ0v) is 25.8. The van der Waals surface area contributed by atoms with Crippen LogP contribution in [0.2, 0.25) is 0 Å². The van der Waals surface area contributed by atoms with Gasteiger partial charge in [0.25, 0.3) is 0 Å². The van der Waals surface area contributed by atoms with E-state index in [0.717, 1.165) is 41.7 Å². The molecule has 0 aliphatic carbocycles. The van der Waals surface area contributed by atoms with E-state index in [1.54, 1.807) is 0 Å². The summed E-state index contributed by atoms with van der Waals surface area (Å²) >= 11 is 0. The molecule has 3 aromatic rings. The van der Waals surface area contributed by atoms with Crippen LogP contribution in [-0.4, -0.2) is 41.8 Å². The molecule has 4 rings (SSSR count). The number of hydrogen-bond acceptors (Lipinski definition) is 7. The number of anilines is 1. The first-order chi connectivity index (χ1) is 20.1. The summed E-state index contributed by atoms with van der Waals surface area (Å²) in [6.45, 7) is 13.4. The Morgan fingerprint density at radius 1 is 1.05 bits per heavy atom. The zero-order valence-electron chi connectivity index (χ0n) is 25.8. The molecule has 0 unspecified atom stereocenters. The van der Waals surface area contributed by atoms with E-state index in [0.29, 0.717) is 31.1 Å². The van der Waals surface area contributed by atoms with Gasteiger partial charge in [0.1, 0.15) is 17.2 Å². The summed E-state index contributed by atoms with van der Waals surface area (Å²) in [5.74, 6) is 0.165. The van der Waals surface area contributed by atoms with Gasteiger partial charge in [-0.15, -0.1) is 0 Å². The fraction of sp³-hybridized carbons (Fsp3) is 0.457. The van der Waals surface area contributed by atoms with Crippen molar-refractivity contribution in [2.45, 2.75) is 91.3 Å². The molecule has 1 aromatic heterocycles. The highest BCUT2D eigenvalue weighted by molar-refractivity contribution is 5.90. The van der Waals surface area contributed by atoms with Crippen LogP contribution in [0.15, 0.2) is 60.7 Å². The quantitative estimate of drug-likeness (QED) is 0.167. The second-order valence-electron chi connectivity index (χ2n) is 12.1. The predicted molar refractivity (Wildman–Crippen MR) is 165 cm³/mol. The molecule has 1 aliphatic heterocycles. The van der Waals surface area contributed by atoms with Crippen LogP contribution in [0.1, 0.15) is 99.5 Å². The zero-order chi connectivity index (χ0) is 30.3. The standard InChI is InChI=1S/C35H44N2O5/c1-7-8-19-41-34(39)33-28(16-17-31(36-33)37(24(2)3)23-25-12-10-9-11-13-25)29(22-32(38)42-35(4,5)6)27-15-14-26-18-20-40-30(26)21-27/h9-17,21,24,29H,7-8,18-20,22-23H2,1-6H3/t29-/m0/s1. The molecular formula is C35H44N2O5. The smallest absolute Gasteiger partial charge is 0.357 e. The molecule has 0 N–H and O–H groups in total. The fourth-order valence-corrected chi connectivity index (χ4v) is 5.11. The van der Waals surface area contributed by atoms with Crippen molar-refractivity contribution in [2.24, 2.45) is 0 Å². The Hall–Kier alpha value is -3.87. The van der Waals surface area contributed by atoms with Crippen molar-refractivity contribution in [3.05, 3.63) is 88.6 Å². The van der Waals surface area contributed by atoms with Crippen LogP contribution in [-0.2, 0) is 27.2 Å². The van der Waals surface area contributed by atoms with Crippen molar-refractivity contribution in [2.75, 3.05) is 18.1 Å². The first-order valence-electron chi connectivity index (χ1n) is 15.0. The number of pyridine rings is 1. The summed E-state index contributed by atoms with van der Waals surface area (Å²) in [4.78, 5) is 33.9. The Morgan fingerprint density at radius 2 is 1.81 bits per heavy atom. The van der Waals surface area contributed by atoms with E-state index in [-0.39, 0.29) is 24.1 Å². The number of unbranched alkanes of at least 4 members (excludes halogenated alkanes) is 1. The Labute approximate surface area is 250 Å². The normalized spacial score (nSPS) is 13.3. The average Bonchev–Trinajstić information content (AvgIpc) is 3.42. The summed E-state index contributed by atoms with van der Waals surface area (Å²) in [6.07, 6.45) is 2.56. The number of aromatic nitrogens is 1. The minimum absolute atomic E-state index is 0.0459. The van der Waals surface area contributed by atoms with Crippen LogP contribution < -0.4 is 9.64 Å². The third-order valence-corrected chi connectivity index (χ3v) is 7.24. The van der Waals surface area contributed by atoms with E-state index < -0.39 is 17.5 Å². The largest absolute Gasteiger partial charge is 0.493 e. The summed E-state index contributed by atoms with van der Waals surface area (Å²) in [5, 5.41) is 0. The van der Waals surface area contributed by atoms with Crippen molar-refractivity contribution in [3.8, 4) is 5.75 Å². The molecule has 0 amide bonds. The summed E-state index contributed by atoms with van der Waals surface area (Å²) in [7, 11) is 0. The highest BCUT2D eigenvalue weighted by atomic mass is 16.6. The molecule has 0 saturated heterocycles. The minimum Gasteiger partial charge on any atom is -0.493 e. The van der Waals surface area contributed by atoms with Crippen molar-refractivity contribution >= 4 is 17.8 Å². The Balaban J connectivity index is 1.80. The number of carbonyl (C=O) groups excluding carboxylic acids is 2. The van der Waals surface area contributed by atoms with Gasteiger partial charge in [-0.05, 0) is 75.4 Å². The molecular weight excluding hydrogens is 528 g/mol. The van der Waals surface area contributed by atoms with E-state index in [4.69, 9.17) is 19.2 Å². The molecule has 0 spiro atoms. The molecule has 0 fully saturated rings. The van der Waals surface area contributed by atoms with E-state index >= 15 is 0 Å². The number of rotatable bonds is 12. The highest BCUT2D eigenvalue weighted by Crippen LogP contribution is 2.37. The molecule has 2 aromatic carbocycles. The van der Waals surface area contributed by atoms with Crippen LogP contribution in [0, 0.1) is 0 Å². The lowest BCUT2D eigenvalue weighted by Crippen LogP contribution is -2.32. The van der Waals surface area contributed by atoms with Gasteiger partial charge in [-0.2, -0.15) is 0 Å². The lowest BCUT2D eigenvalue weighted by atomic mass is 9.86. The number of esters is 2. The average molecular weight is 573 g/mol. The number of hydrogen-bond donors (Lipinski definition) is 0. The van der Waals surface area contributed by atoms with Crippen molar-refractivity contribution < 1.29 is 23.8 Å². The Morgan fingerprint density at radius 3 is 2.50 bits per heavy atom. The molecule has 2 heterocycles. The maximum Gasteiger partial charge on any atom is 0.357 e. The Bertz CT molecular complexity index is 1360. The number of nitrogens with zero attached hydrogens (tertiary/aromatic N) is 2. The SMILES string of the molecule is CCCCOC(=O)c1nc(N(Cc2ccccc2)C(C)C)ccc1[C@@H](CC(=O)OC(C)(C)C)c1ccc2c(c1)OCC2. The van der Waals surface area contributed by atoms with Crippen LogP contribution in [0.25, 0.3) is 0 Å². The monoisotopic (exact) mass is 572 g/mol. The van der Waals surface area contributed by atoms with Crippen LogP contribution in [0.4, 0.5) is 5.82 Å². The molecule has 0 radical (unpaired) electrons. The fourth-order valence-electron chi connectivity index (χ4n) is 5.11. The summed E-state index contributed by atoms with van der Waals surface area (Å²) in [6, 6.07) is 20.2. The first-order valence-corrected chi connectivity index (χ1v) is 15.0. The third kappa shape index (κ3) is 8.11. The maximum absolute atomic E-state index is 13.6. The number of carbonyl (C=O) groups is 2. The summed E-state index contributed by atoms with van der Waals surface area (Å²) in [5.41, 5.74) is 3.36. The minimum atomic E-state index is -0.637. The van der Waals surface area contributed by atoms with Crippen LogP contribution in [0.3, 0.4) is 0 Å². The second kappa shape index (κ2) is 13.9. The van der Waals surface area contributed by atoms with Crippen LogP contribution in [0.5, 0.6) is 5.75 Å². The number of benzene rings is 2. The summed E-state index contributed by atoms with van der Waals surface area (Å²) < 4.78 is 17.3. The van der Waals surface area contributed by atoms with Gasteiger partial charge in [0.05, 0.1) is 19.6 Å². The number of ether oxygens (including phenoxy) is 3. The second-order valence-corrected chi connectivity index (χ2v) is 12.1. The highest BCUT2D eigenvalue weighted by Gasteiger charge is 2.30. The lowest BCUT2D eigenvalue weighted by Gasteiger charge is -2.29. The third-order valence-electron chi connectivity index (χ3n) is 7.24.